The zero-order valence-corrected chi connectivity index (χ0v) is 19.1. The Morgan fingerprint density at radius 1 is 1.03 bits per heavy atom. The molecule has 4 nitrogen and oxygen atoms in total. The Morgan fingerprint density at radius 3 is 2.66 bits per heavy atom. The van der Waals surface area contributed by atoms with E-state index in [-0.39, 0.29) is 11.9 Å². The van der Waals surface area contributed by atoms with Crippen LogP contribution in [-0.4, -0.2) is 25.0 Å². The van der Waals surface area contributed by atoms with E-state index in [2.05, 4.69) is 70.5 Å². The van der Waals surface area contributed by atoms with E-state index in [9.17, 15) is 4.79 Å². The van der Waals surface area contributed by atoms with E-state index in [1.807, 2.05) is 32.0 Å². The average molecular weight is 442 g/mol. The van der Waals surface area contributed by atoms with E-state index in [1.165, 1.54) is 20.5 Å². The smallest absolute Gasteiger partial charge is 0.252 e. The summed E-state index contributed by atoms with van der Waals surface area (Å²) in [7, 11) is 0. The van der Waals surface area contributed by atoms with Gasteiger partial charge in [0.15, 0.2) is 0 Å². The van der Waals surface area contributed by atoms with Crippen molar-refractivity contribution >= 4 is 33.0 Å². The fraction of sp³-hybridized carbons (Fsp3) is 0.222. The van der Waals surface area contributed by atoms with Crippen LogP contribution >= 0.6 is 11.3 Å². The van der Waals surface area contributed by atoms with Gasteiger partial charge in [0.05, 0.1) is 12.1 Å². The van der Waals surface area contributed by atoms with Crippen molar-refractivity contribution in [3.8, 4) is 10.4 Å². The highest BCUT2D eigenvalue weighted by atomic mass is 32.1. The molecular weight excluding hydrogens is 414 g/mol. The maximum Gasteiger partial charge on any atom is 0.252 e. The molecule has 5 rings (SSSR count). The predicted molar refractivity (Wildman–Crippen MR) is 135 cm³/mol. The van der Waals surface area contributed by atoms with Crippen molar-refractivity contribution in [3.05, 3.63) is 89.5 Å². The Hall–Kier alpha value is -3.15. The maximum atomic E-state index is 13.1. The first-order valence-electron chi connectivity index (χ1n) is 11.0. The Labute approximate surface area is 192 Å². The molecule has 1 unspecified atom stereocenters. The number of fused-ring (bicyclic) bond motifs is 1. The molecule has 1 aliphatic heterocycles. The summed E-state index contributed by atoms with van der Waals surface area (Å²) in [5.41, 5.74) is 4.97. The summed E-state index contributed by atoms with van der Waals surface area (Å²) in [6.07, 6.45) is 0. The van der Waals surface area contributed by atoms with Crippen molar-refractivity contribution in [3.63, 3.8) is 0 Å². The first kappa shape index (κ1) is 20.7. The molecule has 2 heterocycles. The first-order valence-corrected chi connectivity index (χ1v) is 11.9. The van der Waals surface area contributed by atoms with Crippen LogP contribution in [0, 0.1) is 6.92 Å². The highest BCUT2D eigenvalue weighted by molar-refractivity contribution is 7.22. The molecule has 32 heavy (non-hydrogen) atoms. The second-order valence-corrected chi connectivity index (χ2v) is 9.58. The lowest BCUT2D eigenvalue weighted by atomic mass is 10.0. The van der Waals surface area contributed by atoms with E-state index >= 15 is 0 Å². The van der Waals surface area contributed by atoms with E-state index < -0.39 is 0 Å². The van der Waals surface area contributed by atoms with Gasteiger partial charge in [0.1, 0.15) is 0 Å². The molecule has 4 aromatic rings. The largest absolute Gasteiger partial charge is 0.380 e. The second-order valence-electron chi connectivity index (χ2n) is 8.50. The molecule has 3 aromatic carbocycles. The van der Waals surface area contributed by atoms with Crippen molar-refractivity contribution < 1.29 is 4.79 Å². The van der Waals surface area contributed by atoms with Crippen molar-refractivity contribution in [1.82, 2.24) is 10.6 Å². The van der Waals surface area contributed by atoms with Crippen molar-refractivity contribution in [2.24, 2.45) is 0 Å². The number of carbonyl (C=O) groups is 1. The lowest BCUT2D eigenvalue weighted by molar-refractivity contribution is 0.0939. The molecule has 162 valence electrons. The third-order valence-corrected chi connectivity index (χ3v) is 7.24. The number of aryl methyl sites for hydroxylation is 1. The predicted octanol–water partition coefficient (Wildman–Crippen LogP) is 5.75. The van der Waals surface area contributed by atoms with Crippen LogP contribution in [0.3, 0.4) is 0 Å². The van der Waals surface area contributed by atoms with Crippen LogP contribution in [0.2, 0.25) is 0 Å². The van der Waals surface area contributed by atoms with Crippen LogP contribution in [0.4, 0.5) is 5.69 Å². The molecular formula is C27H27N3OS. The van der Waals surface area contributed by atoms with Crippen molar-refractivity contribution in [2.75, 3.05) is 18.4 Å². The minimum Gasteiger partial charge on any atom is -0.380 e. The van der Waals surface area contributed by atoms with Gasteiger partial charge in [-0.15, -0.1) is 11.3 Å². The number of nitrogens with one attached hydrogen (secondary N) is 3. The molecule has 5 heteroatoms. The molecule has 1 aromatic heterocycles. The van der Waals surface area contributed by atoms with Crippen LogP contribution < -0.4 is 16.0 Å². The average Bonchev–Trinajstić information content (AvgIpc) is 3.21. The zero-order valence-electron chi connectivity index (χ0n) is 18.3. The van der Waals surface area contributed by atoms with Gasteiger partial charge in [-0.3, -0.25) is 4.79 Å². The minimum absolute atomic E-state index is 0.0438. The fourth-order valence-electron chi connectivity index (χ4n) is 4.03. The summed E-state index contributed by atoms with van der Waals surface area (Å²) >= 11 is 1.80. The summed E-state index contributed by atoms with van der Waals surface area (Å²) in [5.74, 6) is -0.0438. The quantitative estimate of drug-likeness (QED) is 0.357. The standard InChI is InChI=1S/C27H27N3OS/c1-17-10-11-22(30-23-15-28-16-23)14-24(17)27(31)29-18(2)19-7-5-8-20(12-19)26-13-21-6-3-4-9-25(21)32-26/h3-14,18,23,28,30H,15-16H2,1-2H3,(H,29,31). The van der Waals surface area contributed by atoms with E-state index in [1.54, 1.807) is 11.3 Å². The number of benzene rings is 3. The lowest BCUT2D eigenvalue weighted by Gasteiger charge is -2.29. The van der Waals surface area contributed by atoms with E-state index in [0.29, 0.717) is 6.04 Å². The van der Waals surface area contributed by atoms with Crippen LogP contribution in [0.25, 0.3) is 20.5 Å². The highest BCUT2D eigenvalue weighted by Crippen LogP contribution is 2.34. The highest BCUT2D eigenvalue weighted by Gasteiger charge is 2.18. The number of thiophene rings is 1. The molecule has 0 aliphatic carbocycles. The summed E-state index contributed by atoms with van der Waals surface area (Å²) < 4.78 is 1.29. The number of anilines is 1. The second kappa shape index (κ2) is 8.77. The SMILES string of the molecule is Cc1ccc(NC2CNC2)cc1C(=O)NC(C)c1cccc(-c2cc3ccccc3s2)c1. The van der Waals surface area contributed by atoms with Gasteiger partial charge in [-0.05, 0) is 66.3 Å². The topological polar surface area (TPSA) is 53.2 Å². The van der Waals surface area contributed by atoms with E-state index in [4.69, 9.17) is 0 Å². The summed E-state index contributed by atoms with van der Waals surface area (Å²) in [4.78, 5) is 14.3. The molecule has 0 saturated carbocycles. The van der Waals surface area contributed by atoms with Crippen LogP contribution in [0.1, 0.15) is 34.5 Å². The number of amides is 1. The summed E-state index contributed by atoms with van der Waals surface area (Å²) in [5, 5.41) is 11.2. The molecule has 1 aliphatic rings. The molecule has 3 N–H and O–H groups in total. The Balaban J connectivity index is 1.33. The molecule has 0 bridgehead atoms. The first-order chi connectivity index (χ1) is 15.6. The molecule has 0 spiro atoms. The van der Waals surface area contributed by atoms with E-state index in [0.717, 1.165) is 35.5 Å². The number of hydrogen-bond acceptors (Lipinski definition) is 4. The Morgan fingerprint density at radius 2 is 1.88 bits per heavy atom. The van der Waals surface area contributed by atoms with Gasteiger partial charge in [-0.2, -0.15) is 0 Å². The van der Waals surface area contributed by atoms with Gasteiger partial charge in [0.25, 0.3) is 5.91 Å². The van der Waals surface area contributed by atoms with Gasteiger partial charge >= 0.3 is 0 Å². The molecule has 1 atom stereocenters. The molecule has 1 amide bonds. The minimum atomic E-state index is -0.0938. The van der Waals surface area contributed by atoms with Gasteiger partial charge in [0.2, 0.25) is 0 Å². The number of rotatable bonds is 6. The fourth-order valence-corrected chi connectivity index (χ4v) is 5.09. The van der Waals surface area contributed by atoms with Crippen LogP contribution in [0.15, 0.2) is 72.8 Å². The van der Waals surface area contributed by atoms with Gasteiger partial charge < -0.3 is 16.0 Å². The normalized spacial score (nSPS) is 14.7. The zero-order chi connectivity index (χ0) is 22.1. The third kappa shape index (κ3) is 4.27. The maximum absolute atomic E-state index is 13.1. The summed E-state index contributed by atoms with van der Waals surface area (Å²) in [6, 6.07) is 25.5. The van der Waals surface area contributed by atoms with Gasteiger partial charge in [-0.1, -0.05) is 42.5 Å². The Kier molecular flexibility index (Phi) is 5.68. The van der Waals surface area contributed by atoms with Crippen LogP contribution in [0.5, 0.6) is 0 Å². The monoisotopic (exact) mass is 441 g/mol. The Bertz CT molecular complexity index is 1240. The van der Waals surface area contributed by atoms with Crippen molar-refractivity contribution in [2.45, 2.75) is 25.9 Å². The molecule has 1 fully saturated rings. The van der Waals surface area contributed by atoms with Gasteiger partial charge in [-0.25, -0.2) is 0 Å². The number of carbonyl (C=O) groups excluding carboxylic acids is 1. The number of hydrogen-bond donors (Lipinski definition) is 3. The third-order valence-electron chi connectivity index (χ3n) is 6.08. The van der Waals surface area contributed by atoms with Crippen molar-refractivity contribution in [1.29, 1.82) is 0 Å². The summed E-state index contributed by atoms with van der Waals surface area (Å²) in [6.45, 7) is 5.95. The molecule has 0 radical (unpaired) electrons. The van der Waals surface area contributed by atoms with Gasteiger partial charge in [0, 0.05) is 33.9 Å². The molecule has 1 saturated heterocycles. The lowest BCUT2D eigenvalue weighted by Crippen LogP contribution is -2.51. The van der Waals surface area contributed by atoms with Crippen LogP contribution in [-0.2, 0) is 0 Å².